The molecule has 134 valence electrons. The normalized spacial score (nSPS) is 17.4. The van der Waals surface area contributed by atoms with Crippen LogP contribution in [0.4, 0.5) is 4.79 Å². The van der Waals surface area contributed by atoms with Crippen LogP contribution in [-0.4, -0.2) is 40.8 Å². The van der Waals surface area contributed by atoms with Crippen LogP contribution in [0.5, 0.6) is 5.75 Å². The van der Waals surface area contributed by atoms with E-state index in [0.29, 0.717) is 30.9 Å². The van der Waals surface area contributed by atoms with Gasteiger partial charge in [0, 0.05) is 25.9 Å². The third kappa shape index (κ3) is 4.95. The lowest BCUT2D eigenvalue weighted by atomic mass is 9.99. The minimum absolute atomic E-state index is 0.101. The van der Waals surface area contributed by atoms with Crippen molar-refractivity contribution in [2.45, 2.75) is 33.2 Å². The molecule has 0 bridgehead atoms. The zero-order valence-electron chi connectivity index (χ0n) is 14.7. The molecule has 1 atom stereocenters. The summed E-state index contributed by atoms with van der Waals surface area (Å²) in [7, 11) is 0. The summed E-state index contributed by atoms with van der Waals surface area (Å²) >= 11 is 0. The highest BCUT2D eigenvalue weighted by atomic mass is 16.5. The number of carbonyl (C=O) groups excluding carboxylic acids is 1. The Morgan fingerprint density at radius 3 is 3.04 bits per heavy atom. The van der Waals surface area contributed by atoms with Crippen molar-refractivity contribution in [1.82, 2.24) is 20.4 Å². The first kappa shape index (κ1) is 17.3. The molecule has 0 unspecified atom stereocenters. The van der Waals surface area contributed by atoms with Gasteiger partial charge in [0.1, 0.15) is 5.75 Å². The Morgan fingerprint density at radius 2 is 2.28 bits per heavy atom. The fraction of sp³-hybridized carbons (Fsp3) is 0.500. The molecule has 1 fully saturated rings. The van der Waals surface area contributed by atoms with Crippen LogP contribution >= 0.6 is 0 Å². The monoisotopic (exact) mass is 344 g/mol. The minimum atomic E-state index is -0.101. The van der Waals surface area contributed by atoms with Crippen molar-refractivity contribution in [2.24, 2.45) is 5.92 Å². The van der Waals surface area contributed by atoms with Gasteiger partial charge in [-0.2, -0.15) is 0 Å². The van der Waals surface area contributed by atoms with Crippen LogP contribution in [0.3, 0.4) is 0 Å². The van der Waals surface area contributed by atoms with Gasteiger partial charge in [-0.3, -0.25) is 0 Å². The maximum atomic E-state index is 12.3. The summed E-state index contributed by atoms with van der Waals surface area (Å²) in [4.78, 5) is 14.2. The molecule has 0 aliphatic carbocycles. The number of aryl methyl sites for hydroxylation is 2. The molecule has 3 rings (SSSR count). The number of piperidine rings is 1. The summed E-state index contributed by atoms with van der Waals surface area (Å²) in [5, 5.41) is 10.5. The van der Waals surface area contributed by atoms with Crippen LogP contribution in [-0.2, 0) is 6.54 Å². The van der Waals surface area contributed by atoms with E-state index in [-0.39, 0.29) is 12.6 Å². The van der Waals surface area contributed by atoms with E-state index >= 15 is 0 Å². The number of urea groups is 1. The van der Waals surface area contributed by atoms with Crippen molar-refractivity contribution in [3.05, 3.63) is 41.6 Å². The topological polar surface area (TPSA) is 80.5 Å². The molecule has 1 saturated heterocycles. The second kappa shape index (κ2) is 8.00. The predicted octanol–water partition coefficient (Wildman–Crippen LogP) is 2.69. The summed E-state index contributed by atoms with van der Waals surface area (Å²) in [6.07, 6.45) is 2.05. The van der Waals surface area contributed by atoms with Crippen molar-refractivity contribution >= 4 is 6.03 Å². The highest BCUT2D eigenvalue weighted by Gasteiger charge is 2.24. The molecule has 2 amide bonds. The number of benzene rings is 1. The smallest absolute Gasteiger partial charge is 0.317 e. The molecule has 0 radical (unpaired) electrons. The van der Waals surface area contributed by atoms with E-state index in [1.54, 1.807) is 6.92 Å². The molecule has 7 nitrogen and oxygen atoms in total. The van der Waals surface area contributed by atoms with Crippen molar-refractivity contribution in [2.75, 3.05) is 19.7 Å². The molecule has 1 aromatic heterocycles. The van der Waals surface area contributed by atoms with Gasteiger partial charge in [-0.1, -0.05) is 12.1 Å². The Kier molecular flexibility index (Phi) is 5.53. The number of amides is 2. The average molecular weight is 344 g/mol. The summed E-state index contributed by atoms with van der Waals surface area (Å²) in [6, 6.07) is 7.93. The molecule has 25 heavy (non-hydrogen) atoms. The van der Waals surface area contributed by atoms with E-state index in [2.05, 4.69) is 15.5 Å². The van der Waals surface area contributed by atoms with E-state index in [4.69, 9.17) is 9.15 Å². The summed E-state index contributed by atoms with van der Waals surface area (Å²) in [5.74, 6) is 2.14. The van der Waals surface area contributed by atoms with Crippen LogP contribution in [0.15, 0.2) is 28.7 Å². The third-order valence-corrected chi connectivity index (χ3v) is 4.24. The highest BCUT2D eigenvalue weighted by molar-refractivity contribution is 5.74. The maximum absolute atomic E-state index is 12.3. The minimum Gasteiger partial charge on any atom is -0.493 e. The maximum Gasteiger partial charge on any atom is 0.317 e. The van der Waals surface area contributed by atoms with Crippen molar-refractivity contribution < 1.29 is 13.9 Å². The van der Waals surface area contributed by atoms with Gasteiger partial charge >= 0.3 is 6.03 Å². The number of likely N-dealkylation sites (tertiary alicyclic amines) is 1. The number of rotatable bonds is 5. The van der Waals surface area contributed by atoms with Crippen LogP contribution in [0.2, 0.25) is 0 Å². The lowest BCUT2D eigenvalue weighted by Crippen LogP contribution is -2.46. The largest absolute Gasteiger partial charge is 0.493 e. The van der Waals surface area contributed by atoms with Crippen molar-refractivity contribution in [1.29, 1.82) is 0 Å². The first-order valence-electron chi connectivity index (χ1n) is 8.61. The van der Waals surface area contributed by atoms with Gasteiger partial charge in [0.05, 0.1) is 13.2 Å². The first-order valence-corrected chi connectivity index (χ1v) is 8.61. The van der Waals surface area contributed by atoms with Crippen LogP contribution < -0.4 is 10.1 Å². The number of hydrogen-bond donors (Lipinski definition) is 1. The summed E-state index contributed by atoms with van der Waals surface area (Å²) < 4.78 is 11.2. The van der Waals surface area contributed by atoms with Gasteiger partial charge in [-0.25, -0.2) is 4.79 Å². The van der Waals surface area contributed by atoms with Crippen molar-refractivity contribution in [3.63, 3.8) is 0 Å². The van der Waals surface area contributed by atoms with Gasteiger partial charge in [0.25, 0.3) is 0 Å². The Hall–Kier alpha value is -2.57. The molecule has 0 saturated carbocycles. The molecule has 1 N–H and O–H groups in total. The molecule has 1 aliphatic rings. The van der Waals surface area contributed by atoms with Gasteiger partial charge in [-0.15, -0.1) is 10.2 Å². The fourth-order valence-corrected chi connectivity index (χ4v) is 2.98. The Bertz CT molecular complexity index is 716. The molecule has 1 aromatic carbocycles. The Labute approximate surface area is 147 Å². The summed E-state index contributed by atoms with van der Waals surface area (Å²) in [5.41, 5.74) is 1.18. The quantitative estimate of drug-likeness (QED) is 0.902. The van der Waals surface area contributed by atoms with E-state index in [9.17, 15) is 4.79 Å². The van der Waals surface area contributed by atoms with Crippen LogP contribution in [0.1, 0.15) is 30.2 Å². The van der Waals surface area contributed by atoms with Gasteiger partial charge in [-0.05, 0) is 37.5 Å². The molecule has 1 aliphatic heterocycles. The van der Waals surface area contributed by atoms with Gasteiger partial charge in [0.15, 0.2) is 0 Å². The number of aromatic nitrogens is 2. The van der Waals surface area contributed by atoms with E-state index < -0.39 is 0 Å². The Morgan fingerprint density at radius 1 is 1.40 bits per heavy atom. The molecule has 7 heteroatoms. The van der Waals surface area contributed by atoms with E-state index in [1.807, 2.05) is 36.1 Å². The van der Waals surface area contributed by atoms with Gasteiger partial charge in [0.2, 0.25) is 11.8 Å². The molecular weight excluding hydrogens is 320 g/mol. The number of ether oxygens (including phenoxy) is 1. The van der Waals surface area contributed by atoms with Gasteiger partial charge < -0.3 is 19.4 Å². The first-order chi connectivity index (χ1) is 12.1. The third-order valence-electron chi connectivity index (χ3n) is 4.24. The average Bonchev–Trinajstić information content (AvgIpc) is 3.03. The second-order valence-corrected chi connectivity index (χ2v) is 6.46. The SMILES string of the molecule is Cc1cccc(OC[C@@H]2CCCN(C(=O)NCc3nnc(C)o3)C2)c1. The number of carbonyl (C=O) groups is 1. The lowest BCUT2D eigenvalue weighted by molar-refractivity contribution is 0.136. The molecule has 2 heterocycles. The Balaban J connectivity index is 1.46. The molecule has 2 aromatic rings. The van der Waals surface area contributed by atoms with Crippen LogP contribution in [0.25, 0.3) is 0 Å². The standard InChI is InChI=1S/C18H24N4O3/c1-13-5-3-7-16(9-13)24-12-15-6-4-8-22(11-15)18(23)19-10-17-21-20-14(2)25-17/h3,5,7,9,15H,4,6,8,10-12H2,1-2H3,(H,19,23)/t15-/m1/s1. The molecular formula is C18H24N4O3. The molecule has 0 spiro atoms. The fourth-order valence-electron chi connectivity index (χ4n) is 2.98. The predicted molar refractivity (Wildman–Crippen MR) is 92.2 cm³/mol. The number of hydrogen-bond acceptors (Lipinski definition) is 5. The zero-order chi connectivity index (χ0) is 17.6. The second-order valence-electron chi connectivity index (χ2n) is 6.46. The summed E-state index contributed by atoms with van der Waals surface area (Å²) in [6.45, 7) is 6.10. The van der Waals surface area contributed by atoms with E-state index in [1.165, 1.54) is 5.56 Å². The van der Waals surface area contributed by atoms with Crippen LogP contribution in [0, 0.1) is 19.8 Å². The number of nitrogens with one attached hydrogen (secondary N) is 1. The van der Waals surface area contributed by atoms with Crippen molar-refractivity contribution in [3.8, 4) is 5.75 Å². The highest BCUT2D eigenvalue weighted by Crippen LogP contribution is 2.19. The zero-order valence-corrected chi connectivity index (χ0v) is 14.7. The lowest BCUT2D eigenvalue weighted by Gasteiger charge is -2.32. The number of nitrogens with zero attached hydrogens (tertiary/aromatic N) is 3. The van der Waals surface area contributed by atoms with E-state index in [0.717, 1.165) is 25.1 Å².